The number of nitrogens with zero attached hydrogens (tertiary/aromatic N) is 2. The molecule has 94 valence electrons. The molecule has 0 aliphatic heterocycles. The zero-order valence-electron chi connectivity index (χ0n) is 10.0. The van der Waals surface area contributed by atoms with E-state index in [9.17, 15) is 10.1 Å². The van der Waals surface area contributed by atoms with Gasteiger partial charge in [0, 0.05) is 30.7 Å². The molecule has 0 amide bonds. The van der Waals surface area contributed by atoms with Gasteiger partial charge >= 0.3 is 0 Å². The third-order valence-corrected chi connectivity index (χ3v) is 3.08. The van der Waals surface area contributed by atoms with Crippen molar-refractivity contribution in [2.24, 2.45) is 0 Å². The second kappa shape index (κ2) is 5.97. The van der Waals surface area contributed by atoms with Crippen LogP contribution in [0.15, 0.2) is 22.7 Å². The van der Waals surface area contributed by atoms with Gasteiger partial charge < -0.3 is 9.64 Å². The molecule has 0 unspecified atom stereocenters. The summed E-state index contributed by atoms with van der Waals surface area (Å²) in [7, 11) is 3.43. The molecule has 0 fully saturated rings. The Kier molecular flexibility index (Phi) is 4.89. The number of hydrogen-bond acceptors (Lipinski definition) is 4. The highest BCUT2D eigenvalue weighted by Crippen LogP contribution is 2.31. The van der Waals surface area contributed by atoms with Crippen LogP contribution in [-0.2, 0) is 4.74 Å². The van der Waals surface area contributed by atoms with E-state index in [2.05, 4.69) is 15.9 Å². The van der Waals surface area contributed by atoms with Crippen molar-refractivity contribution in [3.8, 4) is 0 Å². The van der Waals surface area contributed by atoms with Gasteiger partial charge in [0.05, 0.1) is 11.5 Å². The lowest BCUT2D eigenvalue weighted by Gasteiger charge is -2.26. The fourth-order valence-electron chi connectivity index (χ4n) is 1.52. The Morgan fingerprint density at radius 3 is 2.76 bits per heavy atom. The minimum absolute atomic E-state index is 0.0630. The maximum Gasteiger partial charge on any atom is 0.292 e. The molecule has 0 aliphatic carbocycles. The molecule has 17 heavy (non-hydrogen) atoms. The number of rotatable bonds is 5. The number of nitro benzene ring substituents is 1. The Balaban J connectivity index is 3.10. The standard InChI is InChI=1S/C11H15BrN2O3/c1-8(7-17-3)13(2)11-6-9(12)4-5-10(11)14(15)16/h4-6,8H,7H2,1-3H3/t8-/m0/s1. The van der Waals surface area contributed by atoms with Gasteiger partial charge in [-0.2, -0.15) is 0 Å². The lowest BCUT2D eigenvalue weighted by Crippen LogP contribution is -2.33. The summed E-state index contributed by atoms with van der Waals surface area (Å²) in [4.78, 5) is 12.4. The Hall–Kier alpha value is -1.14. The monoisotopic (exact) mass is 302 g/mol. The number of ether oxygens (including phenoxy) is 1. The van der Waals surface area contributed by atoms with E-state index in [4.69, 9.17) is 4.74 Å². The molecule has 1 aromatic carbocycles. The van der Waals surface area contributed by atoms with Gasteiger partial charge in [-0.1, -0.05) is 15.9 Å². The summed E-state index contributed by atoms with van der Waals surface area (Å²) in [5, 5.41) is 11.0. The summed E-state index contributed by atoms with van der Waals surface area (Å²) in [5.74, 6) is 0. The van der Waals surface area contributed by atoms with Gasteiger partial charge in [-0.3, -0.25) is 10.1 Å². The van der Waals surface area contributed by atoms with Crippen molar-refractivity contribution in [1.29, 1.82) is 0 Å². The molecule has 0 N–H and O–H groups in total. The lowest BCUT2D eigenvalue weighted by atomic mass is 10.2. The number of likely N-dealkylation sites (N-methyl/N-ethyl adjacent to an activating group) is 1. The van der Waals surface area contributed by atoms with E-state index in [0.29, 0.717) is 12.3 Å². The van der Waals surface area contributed by atoms with Crippen LogP contribution in [-0.4, -0.2) is 31.7 Å². The van der Waals surface area contributed by atoms with Gasteiger partial charge in [-0.05, 0) is 19.1 Å². The number of methoxy groups -OCH3 is 1. The van der Waals surface area contributed by atoms with E-state index in [1.54, 1.807) is 19.2 Å². The maximum atomic E-state index is 11.0. The van der Waals surface area contributed by atoms with Crippen molar-refractivity contribution in [3.63, 3.8) is 0 Å². The fraction of sp³-hybridized carbons (Fsp3) is 0.455. The molecule has 0 aromatic heterocycles. The molecular weight excluding hydrogens is 288 g/mol. The smallest absolute Gasteiger partial charge is 0.292 e. The SMILES string of the molecule is COC[C@H](C)N(C)c1cc(Br)ccc1[N+](=O)[O-]. The van der Waals surface area contributed by atoms with Crippen molar-refractivity contribution >= 4 is 27.3 Å². The summed E-state index contributed by atoms with van der Waals surface area (Å²) in [6.45, 7) is 2.47. The van der Waals surface area contributed by atoms with Crippen LogP contribution in [0.3, 0.4) is 0 Å². The minimum atomic E-state index is -0.377. The zero-order valence-corrected chi connectivity index (χ0v) is 11.6. The molecular formula is C11H15BrN2O3. The molecule has 1 atom stereocenters. The van der Waals surface area contributed by atoms with E-state index in [1.165, 1.54) is 6.07 Å². The van der Waals surface area contributed by atoms with Gasteiger partial charge in [0.2, 0.25) is 0 Å². The summed E-state index contributed by atoms with van der Waals surface area (Å²) < 4.78 is 5.87. The van der Waals surface area contributed by atoms with E-state index in [1.807, 2.05) is 18.9 Å². The molecule has 0 heterocycles. The van der Waals surface area contributed by atoms with Crippen LogP contribution in [0.5, 0.6) is 0 Å². The number of anilines is 1. The summed E-state index contributed by atoms with van der Waals surface area (Å²) in [6, 6.07) is 4.96. The molecule has 0 aliphatic rings. The number of benzene rings is 1. The molecule has 6 heteroatoms. The second-order valence-corrected chi connectivity index (χ2v) is 4.72. The summed E-state index contributed by atoms with van der Waals surface area (Å²) in [5.41, 5.74) is 0.674. The van der Waals surface area contributed by atoms with Crippen molar-refractivity contribution in [1.82, 2.24) is 0 Å². The van der Waals surface area contributed by atoms with Crippen LogP contribution >= 0.6 is 15.9 Å². The first-order chi connectivity index (χ1) is 7.97. The van der Waals surface area contributed by atoms with Crippen LogP contribution in [0.25, 0.3) is 0 Å². The van der Waals surface area contributed by atoms with Crippen LogP contribution in [0.4, 0.5) is 11.4 Å². The third kappa shape index (κ3) is 3.41. The van der Waals surface area contributed by atoms with Crippen LogP contribution in [0, 0.1) is 10.1 Å². The molecule has 1 rings (SSSR count). The quantitative estimate of drug-likeness (QED) is 0.620. The first-order valence-electron chi connectivity index (χ1n) is 5.13. The number of halogens is 1. The summed E-state index contributed by atoms with van der Waals surface area (Å²) in [6.07, 6.45) is 0. The predicted molar refractivity (Wildman–Crippen MR) is 70.5 cm³/mol. The van der Waals surface area contributed by atoms with E-state index in [0.717, 1.165) is 4.47 Å². The van der Waals surface area contributed by atoms with Crippen LogP contribution in [0.2, 0.25) is 0 Å². The molecule has 0 saturated carbocycles. The highest BCUT2D eigenvalue weighted by molar-refractivity contribution is 9.10. The molecule has 0 radical (unpaired) electrons. The largest absolute Gasteiger partial charge is 0.383 e. The van der Waals surface area contributed by atoms with Gasteiger partial charge in [0.25, 0.3) is 5.69 Å². The van der Waals surface area contributed by atoms with Gasteiger partial charge in [-0.25, -0.2) is 0 Å². The lowest BCUT2D eigenvalue weighted by molar-refractivity contribution is -0.384. The fourth-order valence-corrected chi connectivity index (χ4v) is 1.87. The highest BCUT2D eigenvalue weighted by atomic mass is 79.9. The minimum Gasteiger partial charge on any atom is -0.383 e. The van der Waals surface area contributed by atoms with Crippen LogP contribution in [0.1, 0.15) is 6.92 Å². The number of nitro groups is 1. The first-order valence-corrected chi connectivity index (χ1v) is 5.92. The molecule has 1 aromatic rings. The van der Waals surface area contributed by atoms with E-state index < -0.39 is 0 Å². The maximum absolute atomic E-state index is 11.0. The summed E-state index contributed by atoms with van der Waals surface area (Å²) >= 11 is 3.32. The number of hydrogen-bond donors (Lipinski definition) is 0. The van der Waals surface area contributed by atoms with Gasteiger partial charge in [0.15, 0.2) is 0 Å². The molecule has 5 nitrogen and oxygen atoms in total. The Morgan fingerprint density at radius 2 is 2.24 bits per heavy atom. The Labute approximate surface area is 109 Å². The average Bonchev–Trinajstić information content (AvgIpc) is 2.27. The van der Waals surface area contributed by atoms with Crippen LogP contribution < -0.4 is 4.90 Å². The Morgan fingerprint density at radius 1 is 1.59 bits per heavy atom. The third-order valence-electron chi connectivity index (χ3n) is 2.58. The van der Waals surface area contributed by atoms with Crippen molar-refractivity contribution in [3.05, 3.63) is 32.8 Å². The molecule has 0 spiro atoms. The first kappa shape index (κ1) is 13.9. The van der Waals surface area contributed by atoms with E-state index >= 15 is 0 Å². The second-order valence-electron chi connectivity index (χ2n) is 3.81. The highest BCUT2D eigenvalue weighted by Gasteiger charge is 2.20. The average molecular weight is 303 g/mol. The van der Waals surface area contributed by atoms with E-state index in [-0.39, 0.29) is 16.7 Å². The Bertz CT molecular complexity index is 412. The molecule has 0 saturated heterocycles. The zero-order chi connectivity index (χ0) is 13.0. The van der Waals surface area contributed by atoms with Crippen molar-refractivity contribution in [2.75, 3.05) is 25.7 Å². The van der Waals surface area contributed by atoms with Crippen molar-refractivity contribution in [2.45, 2.75) is 13.0 Å². The molecule has 0 bridgehead atoms. The predicted octanol–water partition coefficient (Wildman–Crippen LogP) is 2.83. The van der Waals surface area contributed by atoms with Crippen molar-refractivity contribution < 1.29 is 9.66 Å². The topological polar surface area (TPSA) is 55.6 Å². The van der Waals surface area contributed by atoms with Gasteiger partial charge in [0.1, 0.15) is 5.69 Å². The van der Waals surface area contributed by atoms with Gasteiger partial charge in [-0.15, -0.1) is 0 Å². The normalized spacial score (nSPS) is 12.2.